The molecule has 2 aromatic rings. The van der Waals surface area contributed by atoms with Crippen molar-refractivity contribution < 1.29 is 13.9 Å². The van der Waals surface area contributed by atoms with Crippen LogP contribution in [0, 0.1) is 19.7 Å². The lowest BCUT2D eigenvalue weighted by Crippen LogP contribution is -2.25. The molecule has 0 saturated heterocycles. The van der Waals surface area contributed by atoms with Gasteiger partial charge in [-0.05, 0) is 37.6 Å². The van der Waals surface area contributed by atoms with Crippen LogP contribution in [0.25, 0.3) is 0 Å². The zero-order chi connectivity index (χ0) is 16.4. The van der Waals surface area contributed by atoms with E-state index in [-0.39, 0.29) is 22.6 Å². The van der Waals surface area contributed by atoms with E-state index in [0.717, 1.165) is 5.56 Å². The molecule has 0 unspecified atom stereocenters. The predicted octanol–water partition coefficient (Wildman–Crippen LogP) is 2.67. The van der Waals surface area contributed by atoms with Crippen molar-refractivity contribution in [3.63, 3.8) is 0 Å². The number of benzene rings is 1. The van der Waals surface area contributed by atoms with E-state index in [4.69, 9.17) is 4.74 Å². The second kappa shape index (κ2) is 6.01. The predicted molar refractivity (Wildman–Crippen MR) is 82.2 cm³/mol. The summed E-state index contributed by atoms with van der Waals surface area (Å²) >= 11 is 0. The van der Waals surface area contributed by atoms with Crippen molar-refractivity contribution in [2.24, 2.45) is 7.05 Å². The summed E-state index contributed by atoms with van der Waals surface area (Å²) in [6.07, 6.45) is 0. The lowest BCUT2D eigenvalue weighted by Gasteiger charge is -2.16. The van der Waals surface area contributed by atoms with E-state index in [2.05, 4.69) is 5.32 Å². The molecular weight excluding hydrogens is 287 g/mol. The fraction of sp³-hybridized carbons (Fsp3) is 0.250. The molecule has 6 heteroatoms. The maximum atomic E-state index is 14.0. The summed E-state index contributed by atoms with van der Waals surface area (Å²) in [5, 5.41) is 2.81. The van der Waals surface area contributed by atoms with Crippen LogP contribution in [0.2, 0.25) is 0 Å². The van der Waals surface area contributed by atoms with Gasteiger partial charge in [-0.25, -0.2) is 9.18 Å². The van der Waals surface area contributed by atoms with Crippen LogP contribution in [0.5, 0.6) is 0 Å². The van der Waals surface area contributed by atoms with Gasteiger partial charge in [0.25, 0.3) is 5.56 Å². The van der Waals surface area contributed by atoms with Gasteiger partial charge >= 0.3 is 5.97 Å². The highest BCUT2D eigenvalue weighted by molar-refractivity contribution is 5.95. The van der Waals surface area contributed by atoms with Gasteiger partial charge in [-0.3, -0.25) is 9.36 Å². The largest absolute Gasteiger partial charge is 0.465 e. The van der Waals surface area contributed by atoms with E-state index >= 15 is 0 Å². The second-order valence-corrected chi connectivity index (χ2v) is 5.05. The maximum absolute atomic E-state index is 14.0. The number of pyridine rings is 1. The van der Waals surface area contributed by atoms with Crippen LogP contribution in [-0.4, -0.2) is 17.6 Å². The molecule has 5 nitrogen and oxygen atoms in total. The standard InChI is InChI=1S/C16H17FN2O3/c1-9-5-6-13(12(17)7-9)18-14-11(16(21)22-4)8-10(2)15(20)19(14)3/h5-8,18H,1-4H3. The molecule has 0 aliphatic heterocycles. The van der Waals surface area contributed by atoms with Crippen LogP contribution in [0.15, 0.2) is 29.1 Å². The Balaban J connectivity index is 2.60. The van der Waals surface area contributed by atoms with Crippen molar-refractivity contribution in [1.82, 2.24) is 4.57 Å². The van der Waals surface area contributed by atoms with Gasteiger partial charge in [-0.15, -0.1) is 0 Å². The molecule has 2 rings (SSSR count). The normalized spacial score (nSPS) is 10.4. The average molecular weight is 304 g/mol. The van der Waals surface area contributed by atoms with Crippen LogP contribution in [0.3, 0.4) is 0 Å². The first-order valence-electron chi connectivity index (χ1n) is 6.67. The smallest absolute Gasteiger partial charge is 0.341 e. The number of hydrogen-bond donors (Lipinski definition) is 1. The number of methoxy groups -OCH3 is 1. The molecule has 0 radical (unpaired) electrons. The molecule has 22 heavy (non-hydrogen) atoms. The minimum Gasteiger partial charge on any atom is -0.465 e. The molecule has 0 bridgehead atoms. The average Bonchev–Trinajstić information content (AvgIpc) is 2.49. The van der Waals surface area contributed by atoms with Crippen molar-refractivity contribution in [2.75, 3.05) is 12.4 Å². The summed E-state index contributed by atoms with van der Waals surface area (Å²) in [4.78, 5) is 24.0. The first-order valence-corrected chi connectivity index (χ1v) is 6.67. The molecule has 0 atom stereocenters. The third kappa shape index (κ3) is 2.86. The van der Waals surface area contributed by atoms with Crippen molar-refractivity contribution in [3.8, 4) is 0 Å². The van der Waals surface area contributed by atoms with Gasteiger partial charge in [0.05, 0.1) is 12.8 Å². The Morgan fingerprint density at radius 1 is 1.27 bits per heavy atom. The number of halogens is 1. The molecule has 1 aromatic heterocycles. The topological polar surface area (TPSA) is 60.3 Å². The van der Waals surface area contributed by atoms with Crippen molar-refractivity contribution in [1.29, 1.82) is 0 Å². The van der Waals surface area contributed by atoms with Crippen LogP contribution in [0.4, 0.5) is 15.9 Å². The summed E-state index contributed by atoms with van der Waals surface area (Å²) in [6.45, 7) is 3.37. The molecule has 0 aliphatic carbocycles. The minimum atomic E-state index is -0.603. The number of nitrogens with zero attached hydrogens (tertiary/aromatic N) is 1. The summed E-state index contributed by atoms with van der Waals surface area (Å²) in [5.74, 6) is -0.886. The molecule has 1 aromatic carbocycles. The van der Waals surface area contributed by atoms with E-state index in [1.165, 1.54) is 30.9 Å². The Hall–Kier alpha value is -2.63. The molecule has 0 saturated carbocycles. The highest BCUT2D eigenvalue weighted by Gasteiger charge is 2.18. The fourth-order valence-corrected chi connectivity index (χ4v) is 2.16. The Kier molecular flexibility index (Phi) is 4.30. The quantitative estimate of drug-likeness (QED) is 0.886. The molecular formula is C16H17FN2O3. The number of nitrogens with one attached hydrogen (secondary N) is 1. The summed E-state index contributed by atoms with van der Waals surface area (Å²) in [7, 11) is 2.76. The van der Waals surface area contributed by atoms with Crippen LogP contribution >= 0.6 is 0 Å². The third-order valence-electron chi connectivity index (χ3n) is 3.38. The van der Waals surface area contributed by atoms with Crippen LogP contribution in [0.1, 0.15) is 21.5 Å². The third-order valence-corrected chi connectivity index (χ3v) is 3.38. The van der Waals surface area contributed by atoms with E-state index in [1.807, 2.05) is 0 Å². The number of anilines is 2. The van der Waals surface area contributed by atoms with E-state index < -0.39 is 11.8 Å². The monoisotopic (exact) mass is 304 g/mol. The van der Waals surface area contributed by atoms with Gasteiger partial charge in [0.2, 0.25) is 0 Å². The first-order chi connectivity index (χ1) is 10.3. The Labute approximate surface area is 127 Å². The number of carbonyl (C=O) groups is 1. The highest BCUT2D eigenvalue weighted by Crippen LogP contribution is 2.23. The van der Waals surface area contributed by atoms with Gasteiger partial charge in [0.1, 0.15) is 17.2 Å². The number of aromatic nitrogens is 1. The van der Waals surface area contributed by atoms with Crippen molar-refractivity contribution in [2.45, 2.75) is 13.8 Å². The van der Waals surface area contributed by atoms with Gasteiger partial charge < -0.3 is 10.1 Å². The highest BCUT2D eigenvalue weighted by atomic mass is 19.1. The number of ether oxygens (including phenoxy) is 1. The molecule has 0 fully saturated rings. The molecule has 0 amide bonds. The molecule has 0 spiro atoms. The summed E-state index contributed by atoms with van der Waals surface area (Å²) in [5.41, 5.74) is 1.24. The second-order valence-electron chi connectivity index (χ2n) is 5.05. The van der Waals surface area contributed by atoms with Gasteiger partial charge in [0.15, 0.2) is 0 Å². The van der Waals surface area contributed by atoms with Crippen LogP contribution < -0.4 is 10.9 Å². The van der Waals surface area contributed by atoms with Crippen molar-refractivity contribution >= 4 is 17.5 Å². The Morgan fingerprint density at radius 3 is 2.55 bits per heavy atom. The molecule has 1 N–H and O–H groups in total. The lowest BCUT2D eigenvalue weighted by atomic mass is 10.1. The number of rotatable bonds is 3. The summed E-state index contributed by atoms with van der Waals surface area (Å²) < 4.78 is 20.0. The number of esters is 1. The Morgan fingerprint density at radius 2 is 1.95 bits per heavy atom. The fourth-order valence-electron chi connectivity index (χ4n) is 2.16. The zero-order valence-electron chi connectivity index (χ0n) is 12.9. The molecule has 116 valence electrons. The first kappa shape index (κ1) is 15.8. The van der Waals surface area contributed by atoms with Gasteiger partial charge in [-0.1, -0.05) is 6.07 Å². The zero-order valence-corrected chi connectivity index (χ0v) is 12.9. The van der Waals surface area contributed by atoms with Crippen molar-refractivity contribution in [3.05, 3.63) is 57.1 Å². The number of hydrogen-bond acceptors (Lipinski definition) is 4. The molecule has 1 heterocycles. The van der Waals surface area contributed by atoms with E-state index in [1.54, 1.807) is 26.0 Å². The van der Waals surface area contributed by atoms with E-state index in [9.17, 15) is 14.0 Å². The SMILES string of the molecule is COC(=O)c1cc(C)c(=O)n(C)c1Nc1ccc(C)cc1F. The van der Waals surface area contributed by atoms with Gasteiger partial charge in [0, 0.05) is 12.6 Å². The van der Waals surface area contributed by atoms with Crippen LogP contribution in [-0.2, 0) is 11.8 Å². The molecule has 0 aliphatic rings. The van der Waals surface area contributed by atoms with E-state index in [0.29, 0.717) is 5.56 Å². The number of carbonyl (C=O) groups excluding carboxylic acids is 1. The lowest BCUT2D eigenvalue weighted by molar-refractivity contribution is 0.0601. The number of aryl methyl sites for hydroxylation is 2. The van der Waals surface area contributed by atoms with Gasteiger partial charge in [-0.2, -0.15) is 0 Å². The Bertz CT molecular complexity index is 797. The summed E-state index contributed by atoms with van der Waals surface area (Å²) in [6, 6.07) is 6.08. The minimum absolute atomic E-state index is 0.169. The maximum Gasteiger partial charge on any atom is 0.341 e.